The number of hydrogen-bond donors (Lipinski definition) is 1. The molecule has 0 aromatic carbocycles. The summed E-state index contributed by atoms with van der Waals surface area (Å²) in [6.45, 7) is 1.92. The molecule has 17 heavy (non-hydrogen) atoms. The molecule has 0 amide bonds. The summed E-state index contributed by atoms with van der Waals surface area (Å²) in [7, 11) is 0. The zero-order valence-corrected chi connectivity index (χ0v) is 9.76. The van der Waals surface area contributed by atoms with Crippen LogP contribution in [0.2, 0.25) is 0 Å². The van der Waals surface area contributed by atoms with Crippen LogP contribution in [0, 0.1) is 0 Å². The standard InChI is InChI=1S/C10H10ClN3O3/c1-2-17-10(16)6-3-13-8-4-12-7(11)5-14(8)9(6)15/h3-5,9,15H,2H2,1H3. The Balaban J connectivity index is 2.28. The number of aliphatic hydroxyl groups excluding tert-OH is 1. The van der Waals surface area contributed by atoms with Gasteiger partial charge < -0.3 is 9.84 Å². The van der Waals surface area contributed by atoms with Crippen LogP contribution in [-0.4, -0.2) is 40.9 Å². The summed E-state index contributed by atoms with van der Waals surface area (Å²) in [4.78, 5) is 20.7. The number of hydrogen-bond acceptors (Lipinski definition) is 6. The molecule has 90 valence electrons. The Morgan fingerprint density at radius 2 is 2.47 bits per heavy atom. The second-order valence-corrected chi connectivity index (χ2v) is 3.67. The molecule has 2 aliphatic heterocycles. The summed E-state index contributed by atoms with van der Waals surface area (Å²) in [6, 6.07) is 0. The first-order valence-electron chi connectivity index (χ1n) is 4.96. The minimum absolute atomic E-state index is 0.0617. The van der Waals surface area contributed by atoms with E-state index in [-0.39, 0.29) is 17.3 Å². The molecule has 0 aromatic heterocycles. The lowest BCUT2D eigenvalue weighted by Gasteiger charge is -2.30. The first kappa shape index (κ1) is 11.8. The molecule has 0 saturated heterocycles. The molecule has 7 heteroatoms. The van der Waals surface area contributed by atoms with Gasteiger partial charge in [-0.1, -0.05) is 11.6 Å². The van der Waals surface area contributed by atoms with Gasteiger partial charge in [-0.3, -0.25) is 4.90 Å². The van der Waals surface area contributed by atoms with E-state index in [9.17, 15) is 9.90 Å². The fourth-order valence-corrected chi connectivity index (χ4v) is 1.57. The second kappa shape index (κ2) is 4.68. The van der Waals surface area contributed by atoms with Crippen LogP contribution < -0.4 is 0 Å². The molecular formula is C10H10ClN3O3. The number of esters is 1. The van der Waals surface area contributed by atoms with Crippen molar-refractivity contribution in [3.8, 4) is 0 Å². The highest BCUT2D eigenvalue weighted by atomic mass is 35.5. The van der Waals surface area contributed by atoms with Crippen LogP contribution in [0.3, 0.4) is 0 Å². The number of amidine groups is 1. The van der Waals surface area contributed by atoms with E-state index < -0.39 is 12.2 Å². The lowest BCUT2D eigenvalue weighted by atomic mass is 10.2. The topological polar surface area (TPSA) is 74.5 Å². The summed E-state index contributed by atoms with van der Waals surface area (Å²) in [5.74, 6) is -0.190. The normalized spacial score (nSPS) is 22.4. The average molecular weight is 256 g/mol. The van der Waals surface area contributed by atoms with Gasteiger partial charge in [-0.25, -0.2) is 14.8 Å². The van der Waals surface area contributed by atoms with Crippen LogP contribution in [0.25, 0.3) is 0 Å². The van der Waals surface area contributed by atoms with Crippen molar-refractivity contribution in [3.63, 3.8) is 0 Å². The largest absolute Gasteiger partial charge is 0.462 e. The Labute approximate surface area is 103 Å². The highest BCUT2D eigenvalue weighted by molar-refractivity contribution is 6.36. The summed E-state index contributed by atoms with van der Waals surface area (Å²) in [5, 5.41) is 10.2. The number of rotatable bonds is 2. The maximum absolute atomic E-state index is 11.5. The summed E-state index contributed by atoms with van der Waals surface area (Å²) >= 11 is 5.71. The SMILES string of the molecule is CCOC(=O)C1=CN=C2C=NC(Cl)=CN2C1O. The van der Waals surface area contributed by atoms with E-state index in [4.69, 9.17) is 16.3 Å². The van der Waals surface area contributed by atoms with Crippen LogP contribution in [0.5, 0.6) is 0 Å². The van der Waals surface area contributed by atoms with Crippen molar-refractivity contribution in [2.75, 3.05) is 6.61 Å². The van der Waals surface area contributed by atoms with Crippen LogP contribution in [-0.2, 0) is 9.53 Å². The fraction of sp³-hybridized carbons (Fsp3) is 0.300. The fourth-order valence-electron chi connectivity index (χ4n) is 1.42. The molecule has 1 N–H and O–H groups in total. The van der Waals surface area contributed by atoms with Gasteiger partial charge in [0.05, 0.1) is 12.8 Å². The zero-order chi connectivity index (χ0) is 12.4. The van der Waals surface area contributed by atoms with Gasteiger partial charge in [0, 0.05) is 12.4 Å². The monoisotopic (exact) mass is 255 g/mol. The maximum atomic E-state index is 11.5. The van der Waals surface area contributed by atoms with Crippen LogP contribution in [0.15, 0.2) is 33.1 Å². The number of aliphatic hydroxyl groups is 1. The van der Waals surface area contributed by atoms with Crippen molar-refractivity contribution in [3.05, 3.63) is 23.1 Å². The van der Waals surface area contributed by atoms with Gasteiger partial charge in [0.25, 0.3) is 0 Å². The Morgan fingerprint density at radius 3 is 3.18 bits per heavy atom. The van der Waals surface area contributed by atoms with Crippen molar-refractivity contribution in [1.29, 1.82) is 0 Å². The van der Waals surface area contributed by atoms with E-state index in [0.29, 0.717) is 5.84 Å². The minimum Gasteiger partial charge on any atom is -0.462 e. The third-order valence-electron chi connectivity index (χ3n) is 2.20. The Morgan fingerprint density at radius 1 is 1.71 bits per heavy atom. The van der Waals surface area contributed by atoms with Gasteiger partial charge in [-0.15, -0.1) is 0 Å². The van der Waals surface area contributed by atoms with Crippen molar-refractivity contribution in [2.24, 2.45) is 9.98 Å². The molecule has 0 saturated carbocycles. The summed E-state index contributed by atoms with van der Waals surface area (Å²) < 4.78 is 4.81. The van der Waals surface area contributed by atoms with Crippen molar-refractivity contribution in [2.45, 2.75) is 13.2 Å². The van der Waals surface area contributed by atoms with Gasteiger partial charge in [-0.05, 0) is 6.92 Å². The maximum Gasteiger partial charge on any atom is 0.340 e. The number of aliphatic imine (C=N–C) groups is 2. The number of carbonyl (C=O) groups is 1. The second-order valence-electron chi connectivity index (χ2n) is 3.28. The van der Waals surface area contributed by atoms with Gasteiger partial charge in [0.2, 0.25) is 0 Å². The molecule has 0 aliphatic carbocycles. The van der Waals surface area contributed by atoms with E-state index in [0.717, 1.165) is 0 Å². The van der Waals surface area contributed by atoms with Gasteiger partial charge in [0.15, 0.2) is 12.1 Å². The minimum atomic E-state index is -1.16. The lowest BCUT2D eigenvalue weighted by molar-refractivity contribution is -0.140. The Kier molecular flexibility index (Phi) is 3.26. The van der Waals surface area contributed by atoms with Crippen molar-refractivity contribution >= 4 is 29.6 Å². The molecule has 2 rings (SSSR count). The molecule has 6 nitrogen and oxygen atoms in total. The van der Waals surface area contributed by atoms with Crippen LogP contribution >= 0.6 is 11.6 Å². The highest BCUT2D eigenvalue weighted by Crippen LogP contribution is 2.21. The number of halogens is 1. The third kappa shape index (κ3) is 2.22. The highest BCUT2D eigenvalue weighted by Gasteiger charge is 2.31. The van der Waals surface area contributed by atoms with E-state index in [2.05, 4.69) is 9.98 Å². The van der Waals surface area contributed by atoms with E-state index in [1.807, 2.05) is 0 Å². The summed E-state index contributed by atoms with van der Waals surface area (Å²) in [5.41, 5.74) is 0.0617. The van der Waals surface area contributed by atoms with E-state index in [1.165, 1.54) is 23.5 Å². The Hall–Kier alpha value is -1.66. The quantitative estimate of drug-likeness (QED) is 0.579. The zero-order valence-electron chi connectivity index (χ0n) is 9.00. The van der Waals surface area contributed by atoms with Gasteiger partial charge in [-0.2, -0.15) is 0 Å². The average Bonchev–Trinajstić information content (AvgIpc) is 2.30. The van der Waals surface area contributed by atoms with Crippen LogP contribution in [0.4, 0.5) is 0 Å². The first-order chi connectivity index (χ1) is 8.13. The predicted molar refractivity (Wildman–Crippen MR) is 62.4 cm³/mol. The number of fused-ring (bicyclic) bond motifs is 1. The molecule has 0 aromatic rings. The molecule has 0 spiro atoms. The van der Waals surface area contributed by atoms with Crippen molar-refractivity contribution in [1.82, 2.24) is 4.90 Å². The Bertz CT molecular complexity index is 467. The van der Waals surface area contributed by atoms with Crippen molar-refractivity contribution < 1.29 is 14.6 Å². The van der Waals surface area contributed by atoms with E-state index in [1.54, 1.807) is 6.92 Å². The molecule has 2 heterocycles. The molecule has 0 fully saturated rings. The molecule has 1 unspecified atom stereocenters. The van der Waals surface area contributed by atoms with Gasteiger partial charge in [0.1, 0.15) is 10.7 Å². The predicted octanol–water partition coefficient (Wildman–Crippen LogP) is 0.588. The first-order valence-corrected chi connectivity index (χ1v) is 5.34. The van der Waals surface area contributed by atoms with Crippen LogP contribution in [0.1, 0.15) is 6.92 Å². The number of carbonyl (C=O) groups excluding carboxylic acids is 1. The molecular weight excluding hydrogens is 246 g/mol. The molecule has 0 bridgehead atoms. The summed E-state index contributed by atoms with van der Waals surface area (Å²) in [6.07, 6.45) is 2.91. The molecule has 2 aliphatic rings. The number of ether oxygens (including phenoxy) is 1. The molecule has 1 atom stereocenters. The lowest BCUT2D eigenvalue weighted by Crippen LogP contribution is -2.43. The van der Waals surface area contributed by atoms with E-state index >= 15 is 0 Å². The van der Waals surface area contributed by atoms with Gasteiger partial charge >= 0.3 is 5.97 Å². The smallest absolute Gasteiger partial charge is 0.340 e. The third-order valence-corrected chi connectivity index (χ3v) is 2.40. The number of nitrogens with zero attached hydrogens (tertiary/aromatic N) is 3. The molecule has 0 radical (unpaired) electrons.